The topological polar surface area (TPSA) is 63.6 Å². The second-order valence-electron chi connectivity index (χ2n) is 6.33. The van der Waals surface area contributed by atoms with Gasteiger partial charge in [0.15, 0.2) is 11.6 Å². The van der Waals surface area contributed by atoms with E-state index >= 15 is 0 Å². The summed E-state index contributed by atoms with van der Waals surface area (Å²) in [5.41, 5.74) is -2.94. The summed E-state index contributed by atoms with van der Waals surface area (Å²) < 4.78 is 158. The average molecular weight is 502 g/mol. The Hall–Kier alpha value is -3.26. The van der Waals surface area contributed by atoms with Crippen molar-refractivity contribution in [2.45, 2.75) is 10.8 Å². The highest BCUT2D eigenvalue weighted by molar-refractivity contribution is 7.85. The van der Waals surface area contributed by atoms with Gasteiger partial charge in [-0.05, 0) is 29.7 Å². The summed E-state index contributed by atoms with van der Waals surface area (Å²) in [6.07, 6.45) is -3.67. The highest BCUT2D eigenvalue weighted by Gasteiger charge is 2.48. The molecule has 0 bridgehead atoms. The average Bonchev–Trinajstić information content (AvgIpc) is 2.73. The predicted octanol–water partition coefficient (Wildman–Crippen LogP) is 6.60. The Kier molecular flexibility index (Phi) is 6.10. The summed E-state index contributed by atoms with van der Waals surface area (Å²) in [5, 5.41) is -0.106. The molecule has 0 heterocycles. The van der Waals surface area contributed by atoms with Crippen LogP contribution in [0.15, 0.2) is 53.2 Å². The van der Waals surface area contributed by atoms with Crippen LogP contribution in [0.25, 0.3) is 10.8 Å². The van der Waals surface area contributed by atoms with E-state index in [9.17, 15) is 47.9 Å². The van der Waals surface area contributed by atoms with Crippen molar-refractivity contribution < 1.29 is 57.2 Å². The van der Waals surface area contributed by atoms with Crippen LogP contribution >= 0.6 is 0 Å². The molecule has 0 unspecified atom stereocenters. The maximum absolute atomic E-state index is 14.3. The van der Waals surface area contributed by atoms with Crippen molar-refractivity contribution in [3.63, 3.8) is 0 Å². The summed E-state index contributed by atoms with van der Waals surface area (Å²) in [4.78, 5) is -0.580. The van der Waals surface area contributed by atoms with E-state index in [1.165, 1.54) is 6.07 Å². The number of rotatable bonds is 5. The second-order valence-corrected chi connectivity index (χ2v) is 7.75. The molecule has 4 nitrogen and oxygen atoms in total. The third-order valence-electron chi connectivity index (χ3n) is 4.30. The van der Waals surface area contributed by atoms with E-state index in [1.54, 1.807) is 0 Å². The molecule has 0 saturated carbocycles. The van der Waals surface area contributed by atoms with Gasteiger partial charge in [-0.3, -0.25) is 4.55 Å². The van der Waals surface area contributed by atoms with Crippen molar-refractivity contribution in [3.05, 3.63) is 77.1 Å². The van der Waals surface area contributed by atoms with Gasteiger partial charge in [0.1, 0.15) is 11.3 Å². The van der Waals surface area contributed by atoms with Gasteiger partial charge in [-0.25, -0.2) is 8.78 Å². The van der Waals surface area contributed by atoms with Crippen LogP contribution in [0.2, 0.25) is 0 Å². The van der Waals surface area contributed by atoms with Gasteiger partial charge in [-0.1, -0.05) is 12.1 Å². The Labute approximate surface area is 178 Å². The Morgan fingerprint density at radius 3 is 1.97 bits per heavy atom. The highest BCUT2D eigenvalue weighted by Crippen LogP contribution is 2.45. The summed E-state index contributed by atoms with van der Waals surface area (Å²) in [6.45, 7) is 0. The number of hydrogen-bond acceptors (Lipinski definition) is 3. The zero-order chi connectivity index (χ0) is 24.9. The fraction of sp³-hybridized carbons (Fsp3) is 0.0526. The third-order valence-corrected chi connectivity index (χ3v) is 5.15. The van der Waals surface area contributed by atoms with Gasteiger partial charge < -0.3 is 4.74 Å². The summed E-state index contributed by atoms with van der Waals surface area (Å²) in [5.74, 6) is -22.8. The van der Waals surface area contributed by atoms with Gasteiger partial charge in [0.05, 0.1) is 4.90 Å². The van der Waals surface area contributed by atoms with E-state index in [-0.39, 0.29) is 10.8 Å². The van der Waals surface area contributed by atoms with Gasteiger partial charge in [-0.15, -0.1) is 0 Å². The third kappa shape index (κ3) is 4.23. The lowest BCUT2D eigenvalue weighted by Crippen LogP contribution is -2.22. The summed E-state index contributed by atoms with van der Waals surface area (Å²) in [7, 11) is -4.64. The molecular formula is C19H7F9O4S. The monoisotopic (exact) mass is 502 g/mol. The van der Waals surface area contributed by atoms with Crippen molar-refractivity contribution in [1.29, 1.82) is 0 Å². The number of halogens is 9. The Morgan fingerprint density at radius 1 is 0.879 bits per heavy atom. The van der Waals surface area contributed by atoms with Crippen LogP contribution in [0.3, 0.4) is 0 Å². The van der Waals surface area contributed by atoms with Crippen LogP contribution in [-0.4, -0.2) is 13.0 Å². The number of benzene rings is 3. The minimum Gasteiger partial charge on any atom is -0.450 e. The Morgan fingerprint density at radius 2 is 1.45 bits per heavy atom. The lowest BCUT2D eigenvalue weighted by molar-refractivity contribution is -0.00242. The van der Waals surface area contributed by atoms with Crippen LogP contribution in [0.5, 0.6) is 11.5 Å². The van der Waals surface area contributed by atoms with Crippen molar-refractivity contribution in [2.75, 3.05) is 0 Å². The molecular weight excluding hydrogens is 495 g/mol. The lowest BCUT2D eigenvalue weighted by Gasteiger charge is -2.18. The quantitative estimate of drug-likeness (QED) is 0.243. The molecule has 0 aliphatic heterocycles. The molecule has 3 aromatic carbocycles. The first-order valence-corrected chi connectivity index (χ1v) is 9.75. The van der Waals surface area contributed by atoms with Crippen LogP contribution in [0, 0.1) is 23.3 Å². The lowest BCUT2D eigenvalue weighted by atomic mass is 10.0. The van der Waals surface area contributed by atoms with Crippen molar-refractivity contribution in [1.82, 2.24) is 0 Å². The van der Waals surface area contributed by atoms with Gasteiger partial charge >= 0.3 is 12.0 Å². The first-order valence-electron chi connectivity index (χ1n) is 8.31. The molecule has 3 aromatic rings. The van der Waals surface area contributed by atoms with E-state index in [1.807, 2.05) is 0 Å². The molecule has 1 N–H and O–H groups in total. The first-order chi connectivity index (χ1) is 15.2. The number of ether oxygens (including phenoxy) is 1. The maximum atomic E-state index is 14.3. The smallest absolute Gasteiger partial charge is 0.335 e. The zero-order valence-electron chi connectivity index (χ0n) is 15.4. The summed E-state index contributed by atoms with van der Waals surface area (Å²) in [6, 6.07) is 6.14. The van der Waals surface area contributed by atoms with Crippen LogP contribution < -0.4 is 4.74 Å². The number of fused-ring (bicyclic) bond motifs is 1. The number of hydrogen-bond donors (Lipinski definition) is 1. The normalized spacial score (nSPS) is 12.2. The SMILES string of the molecule is O=S(=O)(O)c1ccc2c(Oc3c(F)c(F)c(C(F)(F)C(F)=C(F)F)c(F)c3F)cccc2c1. The van der Waals surface area contributed by atoms with E-state index < -0.39 is 73.2 Å². The van der Waals surface area contributed by atoms with Crippen molar-refractivity contribution in [3.8, 4) is 11.5 Å². The first kappa shape index (κ1) is 24.4. The van der Waals surface area contributed by atoms with E-state index in [2.05, 4.69) is 0 Å². The minimum absolute atomic E-state index is 0.00170. The molecule has 0 amide bonds. The van der Waals surface area contributed by atoms with Gasteiger partial charge in [0.2, 0.25) is 23.2 Å². The molecule has 0 radical (unpaired) electrons. The molecule has 3 rings (SSSR count). The number of allylic oxidation sites excluding steroid dienone is 1. The van der Waals surface area contributed by atoms with Gasteiger partial charge in [0.25, 0.3) is 10.1 Å². The molecule has 0 spiro atoms. The van der Waals surface area contributed by atoms with Crippen LogP contribution in [0.4, 0.5) is 39.5 Å². The molecule has 0 aliphatic carbocycles. The summed E-state index contributed by atoms with van der Waals surface area (Å²) >= 11 is 0. The largest absolute Gasteiger partial charge is 0.450 e. The standard InChI is InChI=1S/C19H7F9O4S/c20-12-11(19(27,28)17(24)18(25)26)13(21)15(23)16(14(12)22)32-10-3-1-2-7-6-8(33(29,30)31)4-5-9(7)10/h1-6H,(H,29,30,31). The fourth-order valence-electron chi connectivity index (χ4n) is 2.80. The minimum atomic E-state index is -5.75. The van der Waals surface area contributed by atoms with Crippen LogP contribution in [0.1, 0.15) is 5.56 Å². The fourth-order valence-corrected chi connectivity index (χ4v) is 3.31. The molecule has 0 aromatic heterocycles. The molecule has 0 fully saturated rings. The number of alkyl halides is 2. The van der Waals surface area contributed by atoms with Gasteiger partial charge in [-0.2, -0.15) is 39.2 Å². The molecule has 33 heavy (non-hydrogen) atoms. The Balaban J connectivity index is 2.19. The maximum Gasteiger partial charge on any atom is 0.335 e. The molecule has 0 saturated heterocycles. The van der Waals surface area contributed by atoms with Crippen molar-refractivity contribution >= 4 is 20.9 Å². The molecule has 0 aliphatic rings. The predicted molar refractivity (Wildman–Crippen MR) is 94.4 cm³/mol. The zero-order valence-corrected chi connectivity index (χ0v) is 16.3. The van der Waals surface area contributed by atoms with E-state index in [0.717, 1.165) is 30.3 Å². The van der Waals surface area contributed by atoms with Gasteiger partial charge in [0, 0.05) is 5.39 Å². The van der Waals surface area contributed by atoms with Crippen molar-refractivity contribution in [2.24, 2.45) is 0 Å². The Bertz CT molecular complexity index is 1390. The van der Waals surface area contributed by atoms with E-state index in [0.29, 0.717) is 0 Å². The molecule has 14 heteroatoms. The molecule has 0 atom stereocenters. The molecule has 176 valence electrons. The van der Waals surface area contributed by atoms with E-state index in [4.69, 9.17) is 9.29 Å². The highest BCUT2D eigenvalue weighted by atomic mass is 32.2. The second kappa shape index (κ2) is 8.26. The van der Waals surface area contributed by atoms with Crippen LogP contribution in [-0.2, 0) is 16.0 Å².